The lowest BCUT2D eigenvalue weighted by atomic mass is 9.73. The van der Waals surface area contributed by atoms with Crippen LogP contribution in [-0.2, 0) is 21.7 Å². The van der Waals surface area contributed by atoms with E-state index in [9.17, 15) is 9.59 Å². The van der Waals surface area contributed by atoms with Gasteiger partial charge in [0.15, 0.2) is 5.54 Å². The normalized spacial score (nSPS) is 28.2. The molecule has 8 heteroatoms. The summed E-state index contributed by atoms with van der Waals surface area (Å²) in [5.74, 6) is -0.662. The molecule has 1 N–H and O–H groups in total. The number of fused-ring (bicyclic) bond motifs is 3. The lowest BCUT2D eigenvalue weighted by Crippen LogP contribution is -2.61. The second-order valence-electron chi connectivity index (χ2n) is 8.88. The van der Waals surface area contributed by atoms with E-state index >= 15 is 0 Å². The van der Waals surface area contributed by atoms with Crippen molar-refractivity contribution in [2.45, 2.75) is 22.7 Å². The molecule has 2 saturated heterocycles. The average molecular weight is 487 g/mol. The van der Waals surface area contributed by atoms with Gasteiger partial charge in [0.05, 0.1) is 6.54 Å². The number of benzene rings is 2. The number of amides is 2. The maximum Gasteiger partial charge on any atom is 0.251 e. The van der Waals surface area contributed by atoms with Gasteiger partial charge < -0.3 is 5.32 Å². The van der Waals surface area contributed by atoms with Crippen molar-refractivity contribution >= 4 is 45.8 Å². The highest BCUT2D eigenvalue weighted by atomic mass is 32.2. The van der Waals surface area contributed by atoms with E-state index in [0.29, 0.717) is 17.4 Å². The fourth-order valence-corrected chi connectivity index (χ4v) is 7.94. The van der Waals surface area contributed by atoms with Crippen LogP contribution in [0.3, 0.4) is 0 Å². The molecule has 2 spiro atoms. The van der Waals surface area contributed by atoms with E-state index in [1.54, 1.807) is 11.1 Å². The Kier molecular flexibility index (Phi) is 4.88. The zero-order valence-electron chi connectivity index (χ0n) is 18.5. The van der Waals surface area contributed by atoms with Crippen molar-refractivity contribution < 1.29 is 9.59 Å². The van der Waals surface area contributed by atoms with Crippen LogP contribution in [0.15, 0.2) is 79.0 Å². The SMILES string of the molecule is CN1C[C@@H](c2ccccn2)[C@@]2(SC(=S)N(Cc3ccccc3)C2=O)[C@@]12C(=O)Nc1ccccc12. The Hall–Kier alpha value is -3.07. The second-order valence-corrected chi connectivity index (χ2v) is 10.8. The Balaban J connectivity index is 1.57. The van der Waals surface area contributed by atoms with Crippen molar-refractivity contribution in [1.29, 1.82) is 0 Å². The van der Waals surface area contributed by atoms with E-state index < -0.39 is 10.3 Å². The molecule has 3 aromatic rings. The number of nitrogens with zero attached hydrogens (tertiary/aromatic N) is 3. The predicted octanol–water partition coefficient (Wildman–Crippen LogP) is 3.76. The van der Waals surface area contributed by atoms with Crippen molar-refractivity contribution in [3.8, 4) is 0 Å². The summed E-state index contributed by atoms with van der Waals surface area (Å²) in [4.78, 5) is 36.8. The molecule has 2 aromatic carbocycles. The minimum Gasteiger partial charge on any atom is -0.324 e. The molecule has 0 unspecified atom stereocenters. The number of rotatable bonds is 3. The average Bonchev–Trinajstić information content (AvgIpc) is 3.40. The van der Waals surface area contributed by atoms with Crippen LogP contribution in [0.25, 0.3) is 0 Å². The van der Waals surface area contributed by atoms with Crippen LogP contribution in [0.1, 0.15) is 22.7 Å². The van der Waals surface area contributed by atoms with E-state index in [-0.39, 0.29) is 17.7 Å². The number of para-hydroxylation sites is 1. The topological polar surface area (TPSA) is 65.5 Å². The molecule has 0 bridgehead atoms. The third-order valence-corrected chi connectivity index (χ3v) is 9.15. The van der Waals surface area contributed by atoms with E-state index in [1.807, 2.05) is 84.7 Å². The van der Waals surface area contributed by atoms with E-state index in [0.717, 1.165) is 22.5 Å². The molecule has 0 saturated carbocycles. The Labute approximate surface area is 207 Å². The van der Waals surface area contributed by atoms with Gasteiger partial charge >= 0.3 is 0 Å². The first-order valence-corrected chi connectivity index (χ1v) is 12.3. The van der Waals surface area contributed by atoms with Crippen LogP contribution in [0, 0.1) is 0 Å². The number of thioether (sulfide) groups is 1. The number of hydrogen-bond donors (Lipinski definition) is 1. The number of likely N-dealkylation sites (tertiary alicyclic amines) is 1. The van der Waals surface area contributed by atoms with Crippen molar-refractivity contribution in [3.05, 3.63) is 95.8 Å². The molecule has 34 heavy (non-hydrogen) atoms. The van der Waals surface area contributed by atoms with Gasteiger partial charge in [0.25, 0.3) is 5.91 Å². The van der Waals surface area contributed by atoms with Crippen molar-refractivity contribution in [2.75, 3.05) is 18.9 Å². The summed E-state index contributed by atoms with van der Waals surface area (Å²) in [5, 5.41) is 3.06. The van der Waals surface area contributed by atoms with Gasteiger partial charge in [0.1, 0.15) is 9.07 Å². The summed E-state index contributed by atoms with van der Waals surface area (Å²) in [6, 6.07) is 23.2. The smallest absolute Gasteiger partial charge is 0.251 e. The number of carbonyl (C=O) groups is 2. The number of nitrogens with one attached hydrogen (secondary N) is 1. The summed E-state index contributed by atoms with van der Waals surface area (Å²) in [5.41, 5.74) is 2.12. The number of anilines is 1. The van der Waals surface area contributed by atoms with Gasteiger partial charge in [0.2, 0.25) is 5.91 Å². The number of thiocarbonyl (C=S) groups is 1. The van der Waals surface area contributed by atoms with Crippen LogP contribution in [0.4, 0.5) is 5.69 Å². The van der Waals surface area contributed by atoms with Gasteiger partial charge in [-0.15, -0.1) is 0 Å². The Morgan fingerprint density at radius 2 is 1.79 bits per heavy atom. The molecule has 6 rings (SSSR count). The summed E-state index contributed by atoms with van der Waals surface area (Å²) in [7, 11) is 1.92. The third-order valence-electron chi connectivity index (χ3n) is 7.21. The number of aromatic nitrogens is 1. The summed E-state index contributed by atoms with van der Waals surface area (Å²) in [6.07, 6.45) is 1.74. The van der Waals surface area contributed by atoms with Gasteiger partial charge in [-0.1, -0.05) is 78.6 Å². The highest BCUT2D eigenvalue weighted by Gasteiger charge is 2.77. The van der Waals surface area contributed by atoms with Crippen molar-refractivity contribution in [2.24, 2.45) is 0 Å². The molecule has 0 aliphatic carbocycles. The third kappa shape index (κ3) is 2.67. The Morgan fingerprint density at radius 1 is 1.06 bits per heavy atom. The molecular formula is C26H22N4O2S2. The standard InChI is InChI=1S/C26H22N4O2S2/c1-29-16-19(20-12-7-8-14-27-20)26(25(29)18-11-5-6-13-21(18)28-22(25)31)23(32)30(24(33)34-26)15-17-9-3-2-4-10-17/h2-14,19H,15-16H2,1H3,(H,28,31)/t19-,25+,26-/m0/s1. The monoisotopic (exact) mass is 486 g/mol. The molecule has 3 atom stereocenters. The molecule has 6 nitrogen and oxygen atoms in total. The number of pyridine rings is 1. The fourth-order valence-electron chi connectivity index (χ4n) is 5.82. The molecule has 2 fully saturated rings. The maximum absolute atomic E-state index is 14.6. The summed E-state index contributed by atoms with van der Waals surface area (Å²) < 4.78 is -0.694. The van der Waals surface area contributed by atoms with Gasteiger partial charge in [-0.25, -0.2) is 0 Å². The number of likely N-dealkylation sites (N-methyl/N-ethyl adjacent to an activating group) is 1. The largest absolute Gasteiger partial charge is 0.324 e. The van der Waals surface area contributed by atoms with Crippen LogP contribution in [-0.4, -0.2) is 49.3 Å². The van der Waals surface area contributed by atoms with Crippen LogP contribution >= 0.6 is 24.0 Å². The molecule has 0 radical (unpaired) electrons. The van der Waals surface area contributed by atoms with Crippen molar-refractivity contribution in [1.82, 2.24) is 14.8 Å². The lowest BCUT2D eigenvalue weighted by Gasteiger charge is -2.41. The quantitative estimate of drug-likeness (QED) is 0.569. The lowest BCUT2D eigenvalue weighted by molar-refractivity contribution is -0.138. The summed E-state index contributed by atoms with van der Waals surface area (Å²) in [6.45, 7) is 0.866. The highest BCUT2D eigenvalue weighted by Crippen LogP contribution is 2.65. The fraction of sp³-hybridized carbons (Fsp3) is 0.231. The molecule has 3 aliphatic heterocycles. The molecule has 1 aromatic heterocycles. The van der Waals surface area contributed by atoms with Gasteiger partial charge in [0, 0.05) is 35.6 Å². The van der Waals surface area contributed by atoms with Gasteiger partial charge in [-0.2, -0.15) is 0 Å². The molecule has 2 amide bonds. The first-order chi connectivity index (χ1) is 16.5. The molecule has 3 aliphatic rings. The maximum atomic E-state index is 14.6. The zero-order chi connectivity index (χ0) is 23.5. The minimum atomic E-state index is -1.21. The van der Waals surface area contributed by atoms with Gasteiger partial charge in [-0.3, -0.25) is 24.4 Å². The molecular weight excluding hydrogens is 464 g/mol. The van der Waals surface area contributed by atoms with Crippen LogP contribution in [0.5, 0.6) is 0 Å². The van der Waals surface area contributed by atoms with Crippen LogP contribution < -0.4 is 5.32 Å². The first-order valence-electron chi connectivity index (χ1n) is 11.1. The number of hydrogen-bond acceptors (Lipinski definition) is 6. The van der Waals surface area contributed by atoms with E-state index in [2.05, 4.69) is 10.3 Å². The van der Waals surface area contributed by atoms with Crippen molar-refractivity contribution in [3.63, 3.8) is 0 Å². The van der Waals surface area contributed by atoms with E-state index in [4.69, 9.17) is 12.2 Å². The Bertz CT molecular complexity index is 1320. The molecule has 4 heterocycles. The van der Waals surface area contributed by atoms with Gasteiger partial charge in [-0.05, 0) is 30.8 Å². The zero-order valence-corrected chi connectivity index (χ0v) is 20.1. The Morgan fingerprint density at radius 3 is 2.56 bits per heavy atom. The van der Waals surface area contributed by atoms with Crippen LogP contribution in [0.2, 0.25) is 0 Å². The van der Waals surface area contributed by atoms with E-state index in [1.165, 1.54) is 11.8 Å². The predicted molar refractivity (Wildman–Crippen MR) is 136 cm³/mol. The first kappa shape index (κ1) is 21.5. The molecule has 170 valence electrons. The second kappa shape index (κ2) is 7.73. The number of carbonyl (C=O) groups excluding carboxylic acids is 2. The summed E-state index contributed by atoms with van der Waals surface area (Å²) >= 11 is 7.17. The highest BCUT2D eigenvalue weighted by molar-refractivity contribution is 8.25. The minimum absolute atomic E-state index is 0.141.